The van der Waals surface area contributed by atoms with Crippen molar-refractivity contribution in [1.29, 1.82) is 5.26 Å². The van der Waals surface area contributed by atoms with Crippen LogP contribution in [0.4, 0.5) is 0 Å². The van der Waals surface area contributed by atoms with Gasteiger partial charge in [0.2, 0.25) is 0 Å². The fourth-order valence-electron chi connectivity index (χ4n) is 1.62. The molecule has 0 unspecified atom stereocenters. The quantitative estimate of drug-likeness (QED) is 0.859. The molecule has 0 radical (unpaired) electrons. The average Bonchev–Trinajstić information content (AvgIpc) is 2.46. The van der Waals surface area contributed by atoms with Crippen molar-refractivity contribution >= 4 is 12.0 Å². The van der Waals surface area contributed by atoms with Gasteiger partial charge in [-0.3, -0.25) is 0 Å². The van der Waals surface area contributed by atoms with Crippen LogP contribution >= 0.6 is 0 Å². The molecule has 2 aromatic rings. The molecule has 0 aliphatic heterocycles. The van der Waals surface area contributed by atoms with E-state index in [2.05, 4.69) is 6.07 Å². The summed E-state index contributed by atoms with van der Waals surface area (Å²) >= 11 is 0. The Morgan fingerprint density at radius 1 is 1.20 bits per heavy atom. The summed E-state index contributed by atoms with van der Waals surface area (Å²) in [5.41, 5.74) is 1.15. The Hall–Kier alpha value is -3.06. The summed E-state index contributed by atoms with van der Waals surface area (Å²) in [7, 11) is 0. The smallest absolute Gasteiger partial charge is 0.328 e. The van der Waals surface area contributed by atoms with Gasteiger partial charge in [0, 0.05) is 6.08 Å². The van der Waals surface area contributed by atoms with E-state index in [0.717, 1.165) is 6.08 Å². The van der Waals surface area contributed by atoms with Crippen molar-refractivity contribution < 1.29 is 14.6 Å². The molecule has 0 fully saturated rings. The van der Waals surface area contributed by atoms with Gasteiger partial charge in [0.15, 0.2) is 0 Å². The number of carboxylic acids is 1. The number of nitriles is 1. The third-order valence-corrected chi connectivity index (χ3v) is 2.51. The first-order valence-corrected chi connectivity index (χ1v) is 5.87. The molecule has 0 aliphatic carbocycles. The molecule has 0 spiro atoms. The van der Waals surface area contributed by atoms with E-state index < -0.39 is 5.97 Å². The zero-order chi connectivity index (χ0) is 14.4. The van der Waals surface area contributed by atoms with Crippen LogP contribution in [0, 0.1) is 11.3 Å². The zero-order valence-corrected chi connectivity index (χ0v) is 10.5. The number of benzene rings is 2. The SMILES string of the molecule is N#Cc1ccccc1Oc1cccc(C=CC(=O)O)c1. The summed E-state index contributed by atoms with van der Waals surface area (Å²) in [4.78, 5) is 10.5. The first kappa shape index (κ1) is 13.4. The third kappa shape index (κ3) is 3.47. The van der Waals surface area contributed by atoms with E-state index in [4.69, 9.17) is 15.1 Å². The highest BCUT2D eigenvalue weighted by Gasteiger charge is 2.03. The first-order valence-electron chi connectivity index (χ1n) is 5.87. The number of carboxylic acid groups (broad SMARTS) is 1. The van der Waals surface area contributed by atoms with Crippen LogP contribution in [-0.2, 0) is 4.79 Å². The van der Waals surface area contributed by atoms with E-state index in [0.29, 0.717) is 22.6 Å². The molecule has 0 aromatic heterocycles. The van der Waals surface area contributed by atoms with Crippen LogP contribution in [0.3, 0.4) is 0 Å². The second-order valence-electron chi connectivity index (χ2n) is 3.95. The molecule has 4 nitrogen and oxygen atoms in total. The van der Waals surface area contributed by atoms with Crippen LogP contribution in [0.1, 0.15) is 11.1 Å². The minimum absolute atomic E-state index is 0.444. The van der Waals surface area contributed by atoms with Crippen LogP contribution in [0.2, 0.25) is 0 Å². The highest BCUT2D eigenvalue weighted by Crippen LogP contribution is 2.25. The third-order valence-electron chi connectivity index (χ3n) is 2.51. The van der Waals surface area contributed by atoms with Crippen LogP contribution in [0.25, 0.3) is 6.08 Å². The normalized spacial score (nSPS) is 10.2. The van der Waals surface area contributed by atoms with Gasteiger partial charge in [-0.25, -0.2) is 4.79 Å². The van der Waals surface area contributed by atoms with Crippen molar-refractivity contribution in [1.82, 2.24) is 0 Å². The first-order chi connectivity index (χ1) is 9.69. The van der Waals surface area contributed by atoms with E-state index in [-0.39, 0.29) is 0 Å². The highest BCUT2D eigenvalue weighted by atomic mass is 16.5. The fourth-order valence-corrected chi connectivity index (χ4v) is 1.62. The predicted octanol–water partition coefficient (Wildman–Crippen LogP) is 3.45. The van der Waals surface area contributed by atoms with Gasteiger partial charge in [-0.2, -0.15) is 5.26 Å². The summed E-state index contributed by atoms with van der Waals surface area (Å²) < 4.78 is 5.64. The molecule has 0 saturated carbocycles. The fraction of sp³-hybridized carbons (Fsp3) is 0. The van der Waals surface area contributed by atoms with Crippen molar-refractivity contribution in [2.45, 2.75) is 0 Å². The molecule has 0 bridgehead atoms. The minimum atomic E-state index is -1.01. The van der Waals surface area contributed by atoms with Gasteiger partial charge < -0.3 is 9.84 Å². The Morgan fingerprint density at radius 2 is 2.00 bits per heavy atom. The largest absolute Gasteiger partial charge is 0.478 e. The van der Waals surface area contributed by atoms with Crippen LogP contribution in [0.15, 0.2) is 54.6 Å². The van der Waals surface area contributed by atoms with Crippen LogP contribution in [0.5, 0.6) is 11.5 Å². The molecule has 20 heavy (non-hydrogen) atoms. The Bertz CT molecular complexity index is 699. The Kier molecular flexibility index (Phi) is 4.15. The zero-order valence-electron chi connectivity index (χ0n) is 10.5. The lowest BCUT2D eigenvalue weighted by atomic mass is 10.2. The Morgan fingerprint density at radius 3 is 2.75 bits per heavy atom. The summed E-state index contributed by atoms with van der Waals surface area (Å²) in [5, 5.41) is 17.6. The molecule has 2 aromatic carbocycles. The maximum atomic E-state index is 10.5. The highest BCUT2D eigenvalue weighted by molar-refractivity contribution is 5.85. The Balaban J connectivity index is 2.24. The lowest BCUT2D eigenvalue weighted by Crippen LogP contribution is -1.89. The number of carbonyl (C=O) groups is 1. The average molecular weight is 265 g/mol. The molecule has 98 valence electrons. The van der Waals surface area contributed by atoms with E-state index in [1.54, 1.807) is 48.5 Å². The van der Waals surface area contributed by atoms with E-state index in [1.165, 1.54) is 6.08 Å². The maximum absolute atomic E-state index is 10.5. The molecule has 2 rings (SSSR count). The van der Waals surface area contributed by atoms with Crippen molar-refractivity contribution in [3.05, 3.63) is 65.7 Å². The molecule has 0 aliphatic rings. The van der Waals surface area contributed by atoms with Crippen molar-refractivity contribution in [3.63, 3.8) is 0 Å². The number of aliphatic carboxylic acids is 1. The second kappa shape index (κ2) is 6.21. The van der Waals surface area contributed by atoms with Crippen molar-refractivity contribution in [2.75, 3.05) is 0 Å². The van der Waals surface area contributed by atoms with Crippen LogP contribution in [-0.4, -0.2) is 11.1 Å². The second-order valence-corrected chi connectivity index (χ2v) is 3.95. The summed E-state index contributed by atoms with van der Waals surface area (Å²) in [6, 6.07) is 15.9. The molecule has 4 heteroatoms. The number of hydrogen-bond acceptors (Lipinski definition) is 3. The molecular formula is C16H11NO3. The van der Waals surface area contributed by atoms with Crippen LogP contribution < -0.4 is 4.74 Å². The van der Waals surface area contributed by atoms with E-state index in [9.17, 15) is 4.79 Å². The van der Waals surface area contributed by atoms with Gasteiger partial charge in [-0.1, -0.05) is 24.3 Å². The number of rotatable bonds is 4. The number of nitrogens with zero attached hydrogens (tertiary/aromatic N) is 1. The molecule has 0 amide bonds. The molecule has 0 heterocycles. The van der Waals surface area contributed by atoms with Gasteiger partial charge in [-0.05, 0) is 35.9 Å². The molecule has 1 N–H and O–H groups in total. The minimum Gasteiger partial charge on any atom is -0.478 e. The maximum Gasteiger partial charge on any atom is 0.328 e. The van der Waals surface area contributed by atoms with Gasteiger partial charge in [0.1, 0.15) is 17.6 Å². The summed E-state index contributed by atoms with van der Waals surface area (Å²) in [6.07, 6.45) is 2.54. The predicted molar refractivity (Wildman–Crippen MR) is 74.3 cm³/mol. The van der Waals surface area contributed by atoms with Gasteiger partial charge >= 0.3 is 5.97 Å². The summed E-state index contributed by atoms with van der Waals surface area (Å²) in [6.45, 7) is 0. The van der Waals surface area contributed by atoms with Gasteiger partial charge in [-0.15, -0.1) is 0 Å². The lowest BCUT2D eigenvalue weighted by molar-refractivity contribution is -0.131. The van der Waals surface area contributed by atoms with Crippen molar-refractivity contribution in [3.8, 4) is 17.6 Å². The number of para-hydroxylation sites is 1. The lowest BCUT2D eigenvalue weighted by Gasteiger charge is -2.07. The monoisotopic (exact) mass is 265 g/mol. The van der Waals surface area contributed by atoms with Crippen molar-refractivity contribution in [2.24, 2.45) is 0 Å². The molecule has 0 saturated heterocycles. The molecule has 0 atom stereocenters. The van der Waals surface area contributed by atoms with Gasteiger partial charge in [0.25, 0.3) is 0 Å². The topological polar surface area (TPSA) is 70.3 Å². The van der Waals surface area contributed by atoms with Gasteiger partial charge in [0.05, 0.1) is 5.56 Å². The Labute approximate surface area is 116 Å². The van der Waals surface area contributed by atoms with E-state index >= 15 is 0 Å². The number of hydrogen-bond donors (Lipinski definition) is 1. The standard InChI is InChI=1S/C16H11NO3/c17-11-13-5-1-2-7-15(13)20-14-6-3-4-12(10-14)8-9-16(18)19/h1-10H,(H,18,19). The summed E-state index contributed by atoms with van der Waals surface area (Å²) in [5.74, 6) is 0.000695. The number of ether oxygens (including phenoxy) is 1. The van der Waals surface area contributed by atoms with E-state index in [1.807, 2.05) is 0 Å². The molecular weight excluding hydrogens is 254 g/mol.